The maximum absolute atomic E-state index is 12.4. The molecule has 0 aliphatic carbocycles. The number of carbonyl (C=O) groups is 2. The van der Waals surface area contributed by atoms with Gasteiger partial charge in [0.25, 0.3) is 0 Å². The van der Waals surface area contributed by atoms with Crippen LogP contribution in [-0.4, -0.2) is 18.0 Å². The number of anilines is 2. The van der Waals surface area contributed by atoms with Crippen molar-refractivity contribution in [3.8, 4) is 0 Å². The van der Waals surface area contributed by atoms with Gasteiger partial charge in [0.15, 0.2) is 0 Å². The third-order valence-corrected chi connectivity index (χ3v) is 3.52. The van der Waals surface area contributed by atoms with E-state index >= 15 is 0 Å². The summed E-state index contributed by atoms with van der Waals surface area (Å²) in [6, 6.07) is 12.8. The first kappa shape index (κ1) is 18.7. The molecule has 8 heteroatoms. The molecule has 25 heavy (non-hydrogen) atoms. The lowest BCUT2D eigenvalue weighted by Crippen LogP contribution is -2.30. The quantitative estimate of drug-likeness (QED) is 0.720. The molecule has 0 spiro atoms. The number of amides is 2. The molecule has 0 aliphatic heterocycles. The van der Waals surface area contributed by atoms with E-state index in [9.17, 15) is 22.8 Å². The average Bonchev–Trinajstić information content (AvgIpc) is 2.55. The van der Waals surface area contributed by atoms with Gasteiger partial charge in [-0.05, 0) is 35.9 Å². The van der Waals surface area contributed by atoms with Gasteiger partial charge in [0.1, 0.15) is 0 Å². The van der Waals surface area contributed by atoms with Crippen LogP contribution in [0.3, 0.4) is 0 Å². The Hall–Kier alpha value is -2.61. The Morgan fingerprint density at radius 1 is 0.920 bits per heavy atom. The Morgan fingerprint density at radius 2 is 1.48 bits per heavy atom. The van der Waals surface area contributed by atoms with Gasteiger partial charge in [-0.15, -0.1) is 0 Å². The molecule has 2 aromatic rings. The number of halogens is 4. The van der Waals surface area contributed by atoms with Crippen molar-refractivity contribution >= 4 is 45.2 Å². The highest BCUT2D eigenvalue weighted by Gasteiger charge is 2.38. The maximum Gasteiger partial charge on any atom is 0.471 e. The first-order valence-electron chi connectivity index (χ1n) is 6.97. The van der Waals surface area contributed by atoms with Crippen molar-refractivity contribution in [1.29, 1.82) is 0 Å². The number of hydrogen-bond donors (Lipinski definition) is 2. The molecule has 0 aromatic heterocycles. The fourth-order valence-corrected chi connectivity index (χ4v) is 2.08. The van der Waals surface area contributed by atoms with Crippen LogP contribution in [0.15, 0.2) is 59.1 Å². The molecule has 4 nitrogen and oxygen atoms in total. The molecular weight excluding hydrogens is 401 g/mol. The highest BCUT2D eigenvalue weighted by Crippen LogP contribution is 2.24. The maximum atomic E-state index is 12.4. The lowest BCUT2D eigenvalue weighted by atomic mass is 10.2. The molecule has 2 rings (SSSR count). The largest absolute Gasteiger partial charge is 0.471 e. The summed E-state index contributed by atoms with van der Waals surface area (Å²) in [5.74, 6) is -2.66. The minimum atomic E-state index is -5.02. The summed E-state index contributed by atoms with van der Waals surface area (Å²) in [7, 11) is 0. The van der Waals surface area contributed by atoms with Gasteiger partial charge >= 0.3 is 12.1 Å². The van der Waals surface area contributed by atoms with E-state index in [-0.39, 0.29) is 11.4 Å². The van der Waals surface area contributed by atoms with Gasteiger partial charge in [-0.25, -0.2) is 0 Å². The molecule has 0 fully saturated rings. The second-order valence-corrected chi connectivity index (χ2v) is 5.79. The van der Waals surface area contributed by atoms with E-state index in [0.29, 0.717) is 0 Å². The van der Waals surface area contributed by atoms with Crippen LogP contribution in [-0.2, 0) is 9.59 Å². The molecule has 0 saturated carbocycles. The first-order chi connectivity index (χ1) is 11.8. The van der Waals surface area contributed by atoms with Gasteiger partial charge < -0.3 is 10.6 Å². The molecule has 2 aromatic carbocycles. The number of rotatable bonds is 4. The number of alkyl halides is 3. The van der Waals surface area contributed by atoms with Crippen LogP contribution in [0.2, 0.25) is 0 Å². The highest BCUT2D eigenvalue weighted by molar-refractivity contribution is 9.10. The zero-order chi connectivity index (χ0) is 18.4. The monoisotopic (exact) mass is 412 g/mol. The van der Waals surface area contributed by atoms with Crippen molar-refractivity contribution in [2.75, 3.05) is 10.6 Å². The van der Waals surface area contributed by atoms with Crippen LogP contribution >= 0.6 is 15.9 Å². The normalized spacial score (nSPS) is 11.4. The van der Waals surface area contributed by atoms with E-state index in [4.69, 9.17) is 0 Å². The fourth-order valence-electron chi connectivity index (χ4n) is 1.81. The Bertz CT molecular complexity index is 802. The number of hydrogen-bond acceptors (Lipinski definition) is 2. The third kappa shape index (κ3) is 5.75. The van der Waals surface area contributed by atoms with Crippen LogP contribution in [0.4, 0.5) is 24.5 Å². The van der Waals surface area contributed by atoms with Gasteiger partial charge in [0, 0.05) is 10.5 Å². The van der Waals surface area contributed by atoms with Crippen molar-refractivity contribution < 1.29 is 22.8 Å². The van der Waals surface area contributed by atoms with Crippen LogP contribution in [0.25, 0.3) is 6.08 Å². The molecule has 2 N–H and O–H groups in total. The van der Waals surface area contributed by atoms with Crippen LogP contribution in [0.5, 0.6) is 0 Å². The molecular formula is C17H12BrF3N2O2. The van der Waals surface area contributed by atoms with Gasteiger partial charge in [-0.3, -0.25) is 9.59 Å². The molecule has 0 heterocycles. The standard InChI is InChI=1S/C17H12BrF3N2O2/c18-12-8-5-11(6-9-12)7-10-15(24)22-13-3-1-2-4-14(13)23-16(25)17(19,20)21/h1-10H,(H,22,24)(H,23,25)/b10-7+. The van der Waals surface area contributed by atoms with E-state index < -0.39 is 18.0 Å². The van der Waals surface area contributed by atoms with E-state index in [2.05, 4.69) is 21.2 Å². The summed E-state index contributed by atoms with van der Waals surface area (Å²) < 4.78 is 37.9. The number of para-hydroxylation sites is 2. The van der Waals surface area contributed by atoms with Crippen molar-refractivity contribution in [2.45, 2.75) is 6.18 Å². The van der Waals surface area contributed by atoms with E-state index in [1.54, 1.807) is 35.7 Å². The second-order valence-electron chi connectivity index (χ2n) is 4.87. The van der Waals surface area contributed by atoms with Crippen molar-refractivity contribution in [3.05, 3.63) is 64.6 Å². The van der Waals surface area contributed by atoms with E-state index in [1.165, 1.54) is 30.3 Å². The molecule has 130 valence electrons. The predicted octanol–water partition coefficient (Wildman–Crippen LogP) is 4.60. The van der Waals surface area contributed by atoms with Crippen molar-refractivity contribution in [1.82, 2.24) is 0 Å². The van der Waals surface area contributed by atoms with Crippen LogP contribution in [0, 0.1) is 0 Å². The molecule has 0 saturated heterocycles. The van der Waals surface area contributed by atoms with Crippen LogP contribution < -0.4 is 10.6 Å². The summed E-state index contributed by atoms with van der Waals surface area (Å²) in [4.78, 5) is 23.0. The Balaban J connectivity index is 2.08. The number of benzene rings is 2. The lowest BCUT2D eigenvalue weighted by molar-refractivity contribution is -0.167. The number of carbonyl (C=O) groups excluding carboxylic acids is 2. The Morgan fingerprint density at radius 3 is 2.04 bits per heavy atom. The summed E-state index contributed by atoms with van der Waals surface area (Å²) in [5.41, 5.74) is 0.692. The fraction of sp³-hybridized carbons (Fsp3) is 0.0588. The molecule has 0 atom stereocenters. The summed E-state index contributed by atoms with van der Waals surface area (Å²) in [6.45, 7) is 0. The second kappa shape index (κ2) is 7.98. The summed E-state index contributed by atoms with van der Waals surface area (Å²) >= 11 is 3.29. The zero-order valence-electron chi connectivity index (χ0n) is 12.6. The molecule has 2 amide bonds. The van der Waals surface area contributed by atoms with Gasteiger partial charge in [-0.2, -0.15) is 13.2 Å². The van der Waals surface area contributed by atoms with Gasteiger partial charge in [0.2, 0.25) is 5.91 Å². The summed E-state index contributed by atoms with van der Waals surface area (Å²) in [5, 5.41) is 4.16. The van der Waals surface area contributed by atoms with E-state index in [0.717, 1.165) is 10.0 Å². The Kier molecular flexibility index (Phi) is 5.97. The smallest absolute Gasteiger partial charge is 0.321 e. The molecule has 0 unspecified atom stereocenters. The number of nitrogens with one attached hydrogen (secondary N) is 2. The minimum Gasteiger partial charge on any atom is -0.321 e. The van der Waals surface area contributed by atoms with Crippen molar-refractivity contribution in [3.63, 3.8) is 0 Å². The van der Waals surface area contributed by atoms with Crippen LogP contribution in [0.1, 0.15) is 5.56 Å². The molecule has 0 radical (unpaired) electrons. The average molecular weight is 413 g/mol. The topological polar surface area (TPSA) is 58.2 Å². The van der Waals surface area contributed by atoms with E-state index in [1.807, 2.05) is 0 Å². The zero-order valence-corrected chi connectivity index (χ0v) is 14.2. The first-order valence-corrected chi connectivity index (χ1v) is 7.77. The highest BCUT2D eigenvalue weighted by atomic mass is 79.9. The summed E-state index contributed by atoms with van der Waals surface area (Å²) in [6.07, 6.45) is -2.22. The third-order valence-electron chi connectivity index (χ3n) is 2.99. The van der Waals surface area contributed by atoms with Gasteiger partial charge in [-0.1, -0.05) is 40.2 Å². The van der Waals surface area contributed by atoms with Crippen molar-refractivity contribution in [2.24, 2.45) is 0 Å². The van der Waals surface area contributed by atoms with Gasteiger partial charge in [0.05, 0.1) is 11.4 Å². The SMILES string of the molecule is O=C(/C=C/c1ccc(Br)cc1)Nc1ccccc1NC(=O)C(F)(F)F. The molecule has 0 bridgehead atoms. The molecule has 0 aliphatic rings. The lowest BCUT2D eigenvalue weighted by Gasteiger charge is -2.12. The Labute approximate surface area is 149 Å². The predicted molar refractivity (Wildman–Crippen MR) is 92.9 cm³/mol. The minimum absolute atomic E-state index is 0.0607.